The number of anilines is 2. The van der Waals surface area contributed by atoms with E-state index in [1.54, 1.807) is 17.0 Å². The van der Waals surface area contributed by atoms with Crippen molar-refractivity contribution in [2.24, 2.45) is 0 Å². The average molecular weight is 531 g/mol. The van der Waals surface area contributed by atoms with Gasteiger partial charge in [-0.3, -0.25) is 0 Å². The fourth-order valence-electron chi connectivity index (χ4n) is 5.15. The maximum absolute atomic E-state index is 16.3. The minimum atomic E-state index is -0.973. The Kier molecular flexibility index (Phi) is 6.05. The van der Waals surface area contributed by atoms with E-state index < -0.39 is 12.0 Å². The van der Waals surface area contributed by atoms with Crippen LogP contribution in [0.3, 0.4) is 0 Å². The van der Waals surface area contributed by atoms with Gasteiger partial charge in [0.1, 0.15) is 24.1 Å². The van der Waals surface area contributed by atoms with Crippen molar-refractivity contribution in [3.63, 3.8) is 0 Å². The molecule has 11 heteroatoms. The number of fused-ring (bicyclic) bond motifs is 2. The monoisotopic (exact) mass is 530 g/mol. The molecule has 2 aliphatic rings. The molecule has 188 valence electrons. The lowest BCUT2D eigenvalue weighted by atomic mass is 10.0. The van der Waals surface area contributed by atoms with Gasteiger partial charge in [-0.05, 0) is 45.0 Å². The molecule has 0 amide bonds. The Morgan fingerprint density at radius 2 is 2.06 bits per heavy atom. The lowest BCUT2D eigenvalue weighted by Crippen LogP contribution is -2.31. The lowest BCUT2D eigenvalue weighted by Gasteiger charge is -2.22. The third kappa shape index (κ3) is 4.10. The van der Waals surface area contributed by atoms with Gasteiger partial charge < -0.3 is 20.3 Å². The van der Waals surface area contributed by atoms with E-state index in [9.17, 15) is 4.39 Å². The number of alkyl halides is 1. The number of benzene rings is 2. The number of nitrogens with two attached hydrogens (primary N) is 1. The van der Waals surface area contributed by atoms with E-state index in [0.717, 1.165) is 24.1 Å². The Balaban J connectivity index is 1.50. The minimum absolute atomic E-state index is 0.0726. The quantitative estimate of drug-likeness (QED) is 0.375. The Bertz CT molecular complexity index is 1470. The van der Waals surface area contributed by atoms with Gasteiger partial charge in [0, 0.05) is 29.1 Å². The van der Waals surface area contributed by atoms with Gasteiger partial charge >= 0.3 is 6.01 Å². The second-order valence-electron chi connectivity index (χ2n) is 9.40. The highest BCUT2D eigenvalue weighted by molar-refractivity contribution is 7.22. The summed E-state index contributed by atoms with van der Waals surface area (Å²) in [6.45, 7) is 2.05. The molecule has 0 spiro atoms. The highest BCUT2D eigenvalue weighted by Crippen LogP contribution is 2.42. The van der Waals surface area contributed by atoms with Crippen LogP contribution in [0.2, 0.25) is 5.02 Å². The van der Waals surface area contributed by atoms with Crippen molar-refractivity contribution >= 4 is 55.0 Å². The van der Waals surface area contributed by atoms with Gasteiger partial charge in [0.15, 0.2) is 10.9 Å². The first-order valence-electron chi connectivity index (χ1n) is 12.0. The Morgan fingerprint density at radius 1 is 1.19 bits per heavy atom. The summed E-state index contributed by atoms with van der Waals surface area (Å²) in [5.41, 5.74) is 7.31. The molecule has 4 heterocycles. The van der Waals surface area contributed by atoms with E-state index in [1.165, 1.54) is 11.3 Å². The molecule has 2 aromatic heterocycles. The number of nitrogen functional groups attached to an aromatic ring is 1. The van der Waals surface area contributed by atoms with Gasteiger partial charge in [-0.15, -0.1) is 0 Å². The molecule has 0 radical (unpaired) electrons. The Labute approximate surface area is 215 Å². The highest BCUT2D eigenvalue weighted by atomic mass is 35.5. The van der Waals surface area contributed by atoms with Crippen molar-refractivity contribution in [3.05, 3.63) is 35.1 Å². The van der Waals surface area contributed by atoms with E-state index >= 15 is 4.39 Å². The number of hydrogen-bond acceptors (Lipinski definition) is 8. The average Bonchev–Trinajstić information content (AvgIpc) is 3.57. The van der Waals surface area contributed by atoms with Crippen LogP contribution in [0, 0.1) is 5.82 Å². The van der Waals surface area contributed by atoms with Crippen LogP contribution in [0.5, 0.6) is 6.01 Å². The number of likely N-dealkylation sites (tertiary alicyclic amines) is 1. The molecule has 6 rings (SSSR count). The number of likely N-dealkylation sites (N-methyl/N-ethyl adjacent to an activating group) is 1. The highest BCUT2D eigenvalue weighted by Gasteiger charge is 2.29. The molecule has 2 aromatic carbocycles. The standard InChI is InChI=1S/C25H25ClF2N6OS/c1-33-8-3-4-14(33)12-35-25-31-22-16(23(32-25)34-9-7-13(27)11-34)10-17(26)19(20(22)28)15-5-2-6-18-21(15)30-24(29)36-18/h2,5-6,10,13-14H,3-4,7-9,11-12H2,1H3,(H2,29,30)/t13-,14+/m1/s1. The van der Waals surface area contributed by atoms with Crippen LogP contribution in [-0.2, 0) is 0 Å². The summed E-state index contributed by atoms with van der Waals surface area (Å²) in [5.74, 6) is -0.169. The number of ether oxygens (including phenoxy) is 1. The van der Waals surface area contributed by atoms with E-state index in [4.69, 9.17) is 22.1 Å². The van der Waals surface area contributed by atoms with Crippen LogP contribution in [0.25, 0.3) is 32.2 Å². The summed E-state index contributed by atoms with van der Waals surface area (Å²) in [6.07, 6.45) is 1.53. The number of halogens is 3. The van der Waals surface area contributed by atoms with Crippen molar-refractivity contribution in [3.8, 4) is 17.1 Å². The summed E-state index contributed by atoms with van der Waals surface area (Å²) in [7, 11) is 2.05. The number of para-hydroxylation sites is 1. The molecule has 2 saturated heterocycles. The van der Waals surface area contributed by atoms with E-state index in [2.05, 4.69) is 26.9 Å². The number of rotatable bonds is 5. The topological polar surface area (TPSA) is 80.4 Å². The van der Waals surface area contributed by atoms with Crippen LogP contribution in [-0.4, -0.2) is 65.4 Å². The molecule has 4 aromatic rings. The molecule has 2 atom stereocenters. The first-order chi connectivity index (χ1) is 17.4. The molecule has 0 aliphatic carbocycles. The Morgan fingerprint density at radius 3 is 2.81 bits per heavy atom. The summed E-state index contributed by atoms with van der Waals surface area (Å²) in [6, 6.07) is 7.43. The van der Waals surface area contributed by atoms with Gasteiger partial charge in [-0.25, -0.2) is 13.8 Å². The molecule has 7 nitrogen and oxygen atoms in total. The largest absolute Gasteiger partial charge is 0.462 e. The first kappa shape index (κ1) is 23.6. The van der Waals surface area contributed by atoms with Gasteiger partial charge in [-0.2, -0.15) is 9.97 Å². The molecule has 2 fully saturated rings. The maximum Gasteiger partial charge on any atom is 0.319 e. The predicted molar refractivity (Wildman–Crippen MR) is 140 cm³/mol. The molecule has 0 unspecified atom stereocenters. The normalized spacial score (nSPS) is 20.7. The van der Waals surface area contributed by atoms with Gasteiger partial charge in [0.05, 0.1) is 21.8 Å². The molecule has 2 aliphatic heterocycles. The van der Waals surface area contributed by atoms with Gasteiger partial charge in [-0.1, -0.05) is 35.1 Å². The summed E-state index contributed by atoms with van der Waals surface area (Å²) < 4.78 is 37.2. The summed E-state index contributed by atoms with van der Waals surface area (Å²) >= 11 is 8.01. The second-order valence-corrected chi connectivity index (χ2v) is 10.9. The van der Waals surface area contributed by atoms with Crippen molar-refractivity contribution < 1.29 is 13.5 Å². The maximum atomic E-state index is 16.3. The number of hydrogen-bond donors (Lipinski definition) is 1. The SMILES string of the molecule is CN1CCC[C@H]1COc1nc(N2CC[C@@H](F)C2)c2cc(Cl)c(-c3cccc4sc(N)nc34)c(F)c2n1. The number of nitrogens with zero attached hydrogens (tertiary/aromatic N) is 5. The van der Waals surface area contributed by atoms with E-state index in [-0.39, 0.29) is 34.7 Å². The Hall–Kier alpha value is -2.82. The number of thiazole rings is 1. The van der Waals surface area contributed by atoms with Crippen LogP contribution >= 0.6 is 22.9 Å². The molecular formula is C25H25ClF2N6OS. The van der Waals surface area contributed by atoms with Crippen LogP contribution in [0.4, 0.5) is 19.7 Å². The lowest BCUT2D eigenvalue weighted by molar-refractivity contribution is 0.188. The smallest absolute Gasteiger partial charge is 0.319 e. The van der Waals surface area contributed by atoms with Crippen LogP contribution < -0.4 is 15.4 Å². The van der Waals surface area contributed by atoms with E-state index in [0.29, 0.717) is 47.0 Å². The molecule has 0 saturated carbocycles. The summed E-state index contributed by atoms with van der Waals surface area (Å²) in [5, 5.41) is 1.01. The van der Waals surface area contributed by atoms with Crippen molar-refractivity contribution in [2.45, 2.75) is 31.5 Å². The molecule has 36 heavy (non-hydrogen) atoms. The van der Waals surface area contributed by atoms with Crippen molar-refractivity contribution in [1.29, 1.82) is 0 Å². The van der Waals surface area contributed by atoms with Crippen molar-refractivity contribution in [2.75, 3.05) is 43.9 Å². The van der Waals surface area contributed by atoms with E-state index in [1.807, 2.05) is 12.1 Å². The fraction of sp³-hybridized carbons (Fsp3) is 0.400. The van der Waals surface area contributed by atoms with Gasteiger partial charge in [0.25, 0.3) is 0 Å². The zero-order valence-electron chi connectivity index (χ0n) is 19.7. The molecule has 0 bridgehead atoms. The van der Waals surface area contributed by atoms with Crippen LogP contribution in [0.1, 0.15) is 19.3 Å². The minimum Gasteiger partial charge on any atom is -0.462 e. The molecular weight excluding hydrogens is 506 g/mol. The van der Waals surface area contributed by atoms with Crippen molar-refractivity contribution in [1.82, 2.24) is 19.9 Å². The molecule has 2 N–H and O–H groups in total. The number of aromatic nitrogens is 3. The first-order valence-corrected chi connectivity index (χ1v) is 13.2. The van der Waals surface area contributed by atoms with Crippen LogP contribution in [0.15, 0.2) is 24.3 Å². The third-order valence-electron chi connectivity index (χ3n) is 7.05. The second kappa shape index (κ2) is 9.24. The summed E-state index contributed by atoms with van der Waals surface area (Å²) in [4.78, 5) is 17.5. The zero-order valence-corrected chi connectivity index (χ0v) is 21.3. The predicted octanol–water partition coefficient (Wildman–Crippen LogP) is 5.30. The van der Waals surface area contributed by atoms with Gasteiger partial charge in [0.2, 0.25) is 0 Å². The zero-order chi connectivity index (χ0) is 25.0. The third-order valence-corrected chi connectivity index (χ3v) is 8.20. The fourth-order valence-corrected chi connectivity index (χ4v) is 6.21.